The maximum atomic E-state index is 2.12. The molecule has 0 amide bonds. The van der Waals surface area contributed by atoms with Gasteiger partial charge in [-0.1, -0.05) is 84.4 Å². The monoisotopic (exact) mass is 237 g/mol. The predicted molar refractivity (Wildman–Crippen MR) is 80.1 cm³/mol. The summed E-state index contributed by atoms with van der Waals surface area (Å²) in [6.45, 7) is 2.08. The third-order valence-corrected chi connectivity index (χ3v) is 2.60. The van der Waals surface area contributed by atoms with Crippen LogP contribution in [0.1, 0.15) is 5.56 Å². The smallest absolute Gasteiger partial charge is 0.0184 e. The molecule has 0 aliphatic heterocycles. The molecular weight excluding hydrogens is 218 g/mol. The summed E-state index contributed by atoms with van der Waals surface area (Å²) in [7, 11) is 0. The van der Waals surface area contributed by atoms with Gasteiger partial charge in [-0.2, -0.15) is 0 Å². The fourth-order valence-corrected chi connectivity index (χ4v) is 1.67. The summed E-state index contributed by atoms with van der Waals surface area (Å²) in [6.07, 6.45) is 0. The molecule has 0 atom stereocenters. The van der Waals surface area contributed by atoms with Gasteiger partial charge in [0.2, 0.25) is 0 Å². The second-order valence-electron chi connectivity index (χ2n) is 4.00. The lowest BCUT2D eigenvalue weighted by Crippen LogP contribution is -1.67. The van der Waals surface area contributed by atoms with Crippen molar-refractivity contribution in [1.82, 2.24) is 6.15 Å². The Kier molecular flexibility index (Phi) is 5.62. The molecule has 3 N–H and O–H groups in total. The van der Waals surface area contributed by atoms with E-state index in [1.54, 1.807) is 0 Å². The van der Waals surface area contributed by atoms with Gasteiger partial charge in [0.05, 0.1) is 0 Å². The standard InChI is InChI=1S/C10H8.C7H8.H3N/c1-2-6-10-8-4-3-7-9(10)5-1;1-7-5-3-2-4-6-7;/h1-8H;2-6H,1H3;1H3. The summed E-state index contributed by atoms with van der Waals surface area (Å²) in [5.41, 5.74) is 1.32. The zero-order chi connectivity index (χ0) is 11.9. The van der Waals surface area contributed by atoms with Gasteiger partial charge < -0.3 is 6.15 Å². The van der Waals surface area contributed by atoms with Crippen LogP contribution in [0.4, 0.5) is 0 Å². The van der Waals surface area contributed by atoms with Gasteiger partial charge in [-0.25, -0.2) is 0 Å². The number of hydrogen-bond acceptors (Lipinski definition) is 1. The molecule has 0 aliphatic rings. The van der Waals surface area contributed by atoms with Gasteiger partial charge in [0.25, 0.3) is 0 Å². The normalized spacial score (nSPS) is 8.94. The average molecular weight is 237 g/mol. The molecule has 3 aromatic rings. The first kappa shape index (κ1) is 13.9. The first-order valence-corrected chi connectivity index (χ1v) is 5.82. The molecule has 0 saturated heterocycles. The van der Waals surface area contributed by atoms with Crippen molar-refractivity contribution >= 4 is 10.8 Å². The number of benzene rings is 3. The zero-order valence-electron chi connectivity index (χ0n) is 10.7. The highest BCUT2D eigenvalue weighted by Crippen LogP contribution is 2.11. The Balaban J connectivity index is 0.000000181. The molecule has 0 spiro atoms. The van der Waals surface area contributed by atoms with Crippen molar-refractivity contribution in [3.8, 4) is 0 Å². The van der Waals surface area contributed by atoms with E-state index in [1.807, 2.05) is 18.2 Å². The van der Waals surface area contributed by atoms with Gasteiger partial charge in [-0.05, 0) is 17.7 Å². The van der Waals surface area contributed by atoms with E-state index in [0.29, 0.717) is 0 Å². The van der Waals surface area contributed by atoms with E-state index in [-0.39, 0.29) is 6.15 Å². The van der Waals surface area contributed by atoms with Crippen LogP contribution in [0.25, 0.3) is 10.8 Å². The predicted octanol–water partition coefficient (Wildman–Crippen LogP) is 5.00. The molecule has 0 fully saturated rings. The van der Waals surface area contributed by atoms with E-state index in [1.165, 1.54) is 16.3 Å². The number of rotatable bonds is 0. The van der Waals surface area contributed by atoms with Crippen LogP contribution < -0.4 is 6.15 Å². The first-order chi connectivity index (χ1) is 8.36. The molecule has 0 saturated carbocycles. The Hall–Kier alpha value is -2.12. The van der Waals surface area contributed by atoms with E-state index in [9.17, 15) is 0 Å². The van der Waals surface area contributed by atoms with Crippen molar-refractivity contribution in [2.24, 2.45) is 0 Å². The van der Waals surface area contributed by atoms with E-state index in [2.05, 4.69) is 67.6 Å². The average Bonchev–Trinajstić information content (AvgIpc) is 2.41. The minimum atomic E-state index is 0. The molecule has 18 heavy (non-hydrogen) atoms. The first-order valence-electron chi connectivity index (χ1n) is 5.82. The summed E-state index contributed by atoms with van der Waals surface area (Å²) in [6, 6.07) is 27.0. The fraction of sp³-hybridized carbons (Fsp3) is 0.0588. The van der Waals surface area contributed by atoms with Crippen molar-refractivity contribution in [3.63, 3.8) is 0 Å². The van der Waals surface area contributed by atoms with Crippen molar-refractivity contribution in [1.29, 1.82) is 0 Å². The van der Waals surface area contributed by atoms with Crippen LogP contribution in [0.5, 0.6) is 0 Å². The third kappa shape index (κ3) is 4.04. The summed E-state index contributed by atoms with van der Waals surface area (Å²) >= 11 is 0. The fourth-order valence-electron chi connectivity index (χ4n) is 1.67. The molecule has 0 heterocycles. The van der Waals surface area contributed by atoms with Crippen LogP contribution in [0.3, 0.4) is 0 Å². The second kappa shape index (κ2) is 7.25. The number of aryl methyl sites for hydroxylation is 1. The molecule has 0 radical (unpaired) electrons. The zero-order valence-corrected chi connectivity index (χ0v) is 10.7. The van der Waals surface area contributed by atoms with Crippen molar-refractivity contribution in [2.45, 2.75) is 6.92 Å². The summed E-state index contributed by atoms with van der Waals surface area (Å²) < 4.78 is 0. The van der Waals surface area contributed by atoms with Crippen LogP contribution in [-0.4, -0.2) is 0 Å². The lowest BCUT2D eigenvalue weighted by Gasteiger charge is -1.92. The van der Waals surface area contributed by atoms with E-state index in [0.717, 1.165) is 0 Å². The van der Waals surface area contributed by atoms with E-state index in [4.69, 9.17) is 0 Å². The number of fused-ring (bicyclic) bond motifs is 1. The molecule has 92 valence electrons. The van der Waals surface area contributed by atoms with Crippen LogP contribution in [0.15, 0.2) is 78.9 Å². The minimum Gasteiger partial charge on any atom is -0.344 e. The minimum absolute atomic E-state index is 0. The Morgan fingerprint density at radius 2 is 0.833 bits per heavy atom. The van der Waals surface area contributed by atoms with Crippen molar-refractivity contribution < 1.29 is 0 Å². The lowest BCUT2D eigenvalue weighted by atomic mass is 10.1. The van der Waals surface area contributed by atoms with E-state index >= 15 is 0 Å². The maximum Gasteiger partial charge on any atom is -0.0184 e. The molecule has 3 aromatic carbocycles. The Labute approximate surface area is 109 Å². The van der Waals surface area contributed by atoms with E-state index < -0.39 is 0 Å². The maximum absolute atomic E-state index is 2.12. The highest BCUT2D eigenvalue weighted by atomic mass is 14.0. The molecule has 0 unspecified atom stereocenters. The topological polar surface area (TPSA) is 35.0 Å². The summed E-state index contributed by atoms with van der Waals surface area (Å²) in [5, 5.41) is 2.62. The summed E-state index contributed by atoms with van der Waals surface area (Å²) in [4.78, 5) is 0. The van der Waals surface area contributed by atoms with Gasteiger partial charge >= 0.3 is 0 Å². The third-order valence-electron chi connectivity index (χ3n) is 2.60. The Morgan fingerprint density at radius 1 is 0.500 bits per heavy atom. The van der Waals surface area contributed by atoms with Crippen LogP contribution in [0.2, 0.25) is 0 Å². The quantitative estimate of drug-likeness (QED) is 0.587. The molecule has 0 bridgehead atoms. The molecule has 1 heteroatoms. The highest BCUT2D eigenvalue weighted by Gasteiger charge is 1.85. The Morgan fingerprint density at radius 3 is 1.11 bits per heavy atom. The second-order valence-corrected chi connectivity index (χ2v) is 4.00. The number of hydrogen-bond donors (Lipinski definition) is 1. The Bertz CT molecular complexity index is 508. The highest BCUT2D eigenvalue weighted by molar-refractivity contribution is 5.81. The SMILES string of the molecule is Cc1ccccc1.N.c1ccc2ccccc2c1. The largest absolute Gasteiger partial charge is 0.344 e. The molecule has 3 rings (SSSR count). The van der Waals surface area contributed by atoms with Crippen LogP contribution in [0, 0.1) is 6.92 Å². The van der Waals surface area contributed by atoms with Gasteiger partial charge in [0, 0.05) is 0 Å². The van der Waals surface area contributed by atoms with Crippen LogP contribution >= 0.6 is 0 Å². The van der Waals surface area contributed by atoms with Crippen molar-refractivity contribution in [3.05, 3.63) is 84.4 Å². The summed E-state index contributed by atoms with van der Waals surface area (Å²) in [5.74, 6) is 0. The molecule has 1 nitrogen and oxygen atoms in total. The van der Waals surface area contributed by atoms with Gasteiger partial charge in [-0.3, -0.25) is 0 Å². The van der Waals surface area contributed by atoms with Gasteiger partial charge in [0.1, 0.15) is 0 Å². The lowest BCUT2D eigenvalue weighted by molar-refractivity contribution is 1.48. The molecular formula is C17H19N. The van der Waals surface area contributed by atoms with Crippen molar-refractivity contribution in [2.75, 3.05) is 0 Å². The van der Waals surface area contributed by atoms with Gasteiger partial charge in [0.15, 0.2) is 0 Å². The van der Waals surface area contributed by atoms with Crippen LogP contribution in [-0.2, 0) is 0 Å². The molecule has 0 aromatic heterocycles. The van der Waals surface area contributed by atoms with Gasteiger partial charge in [-0.15, -0.1) is 0 Å². The molecule has 0 aliphatic carbocycles.